The lowest BCUT2D eigenvalue weighted by molar-refractivity contribution is -0.377. The Kier molecular flexibility index (Phi) is 8.31. The van der Waals surface area contributed by atoms with Crippen molar-refractivity contribution in [2.45, 2.75) is 88.7 Å². The fourth-order valence-electron chi connectivity index (χ4n) is 3.07. The quantitative estimate of drug-likeness (QED) is 0.311. The molecule has 0 aromatic heterocycles. The van der Waals surface area contributed by atoms with E-state index >= 15 is 0 Å². The molecule has 0 aliphatic heterocycles. The number of hydrogen-bond acceptors (Lipinski definition) is 4. The fraction of sp³-hybridized carbons (Fsp3) is 0.667. The summed E-state index contributed by atoms with van der Waals surface area (Å²) in [6.07, 6.45) is -21.4. The Hall–Kier alpha value is -2.18. The van der Waals surface area contributed by atoms with Crippen LogP contribution >= 0.6 is 0 Å². The number of aliphatic hydroxyl groups is 1. The van der Waals surface area contributed by atoms with Gasteiger partial charge in [-0.3, -0.25) is 0 Å². The van der Waals surface area contributed by atoms with Crippen molar-refractivity contribution < 1.29 is 58.9 Å². The average Bonchev–Trinajstić information content (AvgIpc) is 2.63. The van der Waals surface area contributed by atoms with Crippen molar-refractivity contribution in [2.24, 2.45) is 0 Å². The summed E-state index contributed by atoms with van der Waals surface area (Å²) in [5.41, 5.74) is -11.2. The second kappa shape index (κ2) is 9.46. The van der Waals surface area contributed by atoms with E-state index in [4.69, 9.17) is 0 Å². The normalized spacial score (nSPS) is 16.6. The van der Waals surface area contributed by atoms with Crippen molar-refractivity contribution in [1.29, 1.82) is 0 Å². The van der Waals surface area contributed by atoms with Gasteiger partial charge in [0, 0.05) is 12.0 Å². The van der Waals surface area contributed by atoms with Crippen LogP contribution < -0.4 is 0 Å². The lowest BCUT2D eigenvalue weighted by atomic mass is 9.88. The molecule has 1 aromatic carbocycles. The Morgan fingerprint density at radius 2 is 1.29 bits per heavy atom. The summed E-state index contributed by atoms with van der Waals surface area (Å²) >= 11 is 0. The van der Waals surface area contributed by atoms with Crippen LogP contribution in [0.25, 0.3) is 0 Å². The SMILES string of the molecule is CCC(C)c1ccc(C(C)(OC(=O)OC(C)(C)CC(O)(C(F)(F)F)C(F)(F)F)C(F)(F)F)cc1. The molecular formula is C21H25F9O4. The Balaban J connectivity index is 3.22. The third-order valence-corrected chi connectivity index (χ3v) is 5.45. The van der Waals surface area contributed by atoms with E-state index in [1.54, 1.807) is 0 Å². The first-order chi connectivity index (χ1) is 15.0. The predicted molar refractivity (Wildman–Crippen MR) is 102 cm³/mol. The number of carbonyl (C=O) groups is 1. The summed E-state index contributed by atoms with van der Waals surface area (Å²) < 4.78 is 128. The molecule has 4 nitrogen and oxygen atoms in total. The standard InChI is InChI=1S/C21H25F9O4/c1-6-12(2)13-7-9-14(10-8-13)17(5,19(22,23)24)34-15(31)33-16(3,4)11-18(32,20(25,26)27)21(28,29)30/h7-10,12,32H,6,11H2,1-5H3. The highest BCUT2D eigenvalue weighted by molar-refractivity contribution is 5.62. The molecule has 0 aliphatic carbocycles. The van der Waals surface area contributed by atoms with Gasteiger partial charge in [0.15, 0.2) is 0 Å². The molecule has 0 aliphatic rings. The zero-order valence-corrected chi connectivity index (χ0v) is 18.9. The highest BCUT2D eigenvalue weighted by Gasteiger charge is 2.72. The monoisotopic (exact) mass is 512 g/mol. The van der Waals surface area contributed by atoms with Gasteiger partial charge in [-0.1, -0.05) is 38.1 Å². The van der Waals surface area contributed by atoms with Crippen molar-refractivity contribution in [3.05, 3.63) is 35.4 Å². The van der Waals surface area contributed by atoms with E-state index in [2.05, 4.69) is 9.47 Å². The van der Waals surface area contributed by atoms with Gasteiger partial charge in [-0.2, -0.15) is 39.5 Å². The van der Waals surface area contributed by atoms with Crippen LogP contribution in [-0.2, 0) is 15.1 Å². The van der Waals surface area contributed by atoms with Crippen LogP contribution in [0, 0.1) is 0 Å². The molecule has 2 unspecified atom stereocenters. The molecule has 1 aromatic rings. The van der Waals surface area contributed by atoms with Crippen molar-refractivity contribution in [3.8, 4) is 0 Å². The molecule has 0 radical (unpaired) electrons. The highest BCUT2D eigenvalue weighted by atomic mass is 19.4. The zero-order chi connectivity index (χ0) is 27.0. The molecule has 34 heavy (non-hydrogen) atoms. The topological polar surface area (TPSA) is 55.8 Å². The lowest BCUT2D eigenvalue weighted by Crippen LogP contribution is -2.60. The molecule has 1 N–H and O–H groups in total. The highest BCUT2D eigenvalue weighted by Crippen LogP contribution is 2.48. The van der Waals surface area contributed by atoms with E-state index in [0.29, 0.717) is 32.8 Å². The van der Waals surface area contributed by atoms with Gasteiger partial charge >= 0.3 is 24.7 Å². The lowest BCUT2D eigenvalue weighted by Gasteiger charge is -2.38. The van der Waals surface area contributed by atoms with Crippen LogP contribution in [0.2, 0.25) is 0 Å². The molecule has 2 atom stereocenters. The number of alkyl halides is 9. The first kappa shape index (κ1) is 29.9. The minimum Gasteiger partial charge on any atom is -0.428 e. The second-order valence-corrected chi connectivity index (χ2v) is 8.71. The molecule has 0 heterocycles. The smallest absolute Gasteiger partial charge is 0.428 e. The first-order valence-corrected chi connectivity index (χ1v) is 9.95. The van der Waals surface area contributed by atoms with Gasteiger partial charge in [0.25, 0.3) is 5.60 Å². The molecule has 0 bridgehead atoms. The predicted octanol–water partition coefficient (Wildman–Crippen LogP) is 7.16. The average molecular weight is 512 g/mol. The molecule has 0 saturated carbocycles. The Morgan fingerprint density at radius 3 is 1.65 bits per heavy atom. The van der Waals surface area contributed by atoms with Crippen LogP contribution in [0.1, 0.15) is 64.5 Å². The molecule has 1 rings (SSSR count). The largest absolute Gasteiger partial charge is 0.510 e. The van der Waals surface area contributed by atoms with Gasteiger partial charge in [-0.05, 0) is 38.7 Å². The van der Waals surface area contributed by atoms with E-state index in [9.17, 15) is 49.4 Å². The van der Waals surface area contributed by atoms with Crippen LogP contribution in [0.4, 0.5) is 44.3 Å². The molecule has 196 valence electrons. The first-order valence-electron chi connectivity index (χ1n) is 9.95. The number of ether oxygens (including phenoxy) is 2. The van der Waals surface area contributed by atoms with E-state index in [0.717, 1.165) is 12.1 Å². The summed E-state index contributed by atoms with van der Waals surface area (Å²) in [5, 5.41) is 9.30. The van der Waals surface area contributed by atoms with Gasteiger partial charge in [0.2, 0.25) is 5.60 Å². The van der Waals surface area contributed by atoms with Crippen molar-refractivity contribution in [2.75, 3.05) is 0 Å². The van der Waals surface area contributed by atoms with Gasteiger partial charge in [0.1, 0.15) is 5.60 Å². The molecular weight excluding hydrogens is 487 g/mol. The van der Waals surface area contributed by atoms with Crippen molar-refractivity contribution in [3.63, 3.8) is 0 Å². The van der Waals surface area contributed by atoms with Crippen molar-refractivity contribution in [1.82, 2.24) is 0 Å². The van der Waals surface area contributed by atoms with Crippen LogP contribution in [0.3, 0.4) is 0 Å². The van der Waals surface area contributed by atoms with Gasteiger partial charge in [-0.25, -0.2) is 4.79 Å². The maximum absolute atomic E-state index is 13.8. The maximum atomic E-state index is 13.8. The summed E-state index contributed by atoms with van der Waals surface area (Å²) in [5.74, 6) is 0.0129. The second-order valence-electron chi connectivity index (χ2n) is 8.71. The number of hydrogen-bond donors (Lipinski definition) is 1. The Morgan fingerprint density at radius 1 is 0.853 bits per heavy atom. The summed E-state index contributed by atoms with van der Waals surface area (Å²) in [7, 11) is 0. The van der Waals surface area contributed by atoms with E-state index in [1.807, 2.05) is 13.8 Å². The molecule has 0 amide bonds. The van der Waals surface area contributed by atoms with Crippen LogP contribution in [0.15, 0.2) is 24.3 Å². The van der Waals surface area contributed by atoms with E-state index in [-0.39, 0.29) is 5.92 Å². The Labute approximate surface area is 190 Å². The fourth-order valence-corrected chi connectivity index (χ4v) is 3.07. The van der Waals surface area contributed by atoms with Crippen molar-refractivity contribution >= 4 is 6.16 Å². The summed E-state index contributed by atoms with van der Waals surface area (Å²) in [6.45, 7) is 5.27. The minimum atomic E-state index is -6.21. The third-order valence-electron chi connectivity index (χ3n) is 5.45. The summed E-state index contributed by atoms with van der Waals surface area (Å²) in [4.78, 5) is 12.1. The molecule has 0 fully saturated rings. The molecule has 13 heteroatoms. The van der Waals surface area contributed by atoms with Gasteiger partial charge < -0.3 is 14.6 Å². The third kappa shape index (κ3) is 6.28. The zero-order valence-electron chi connectivity index (χ0n) is 18.9. The van der Waals surface area contributed by atoms with Gasteiger partial charge in [-0.15, -0.1) is 0 Å². The summed E-state index contributed by atoms with van der Waals surface area (Å²) in [6, 6.07) is 4.83. The number of halogens is 9. The number of rotatable bonds is 7. The van der Waals surface area contributed by atoms with Gasteiger partial charge in [0.05, 0.1) is 0 Å². The molecule has 0 spiro atoms. The van der Waals surface area contributed by atoms with Crippen LogP contribution in [0.5, 0.6) is 0 Å². The van der Waals surface area contributed by atoms with Crippen LogP contribution in [-0.4, -0.2) is 41.0 Å². The number of carbonyl (C=O) groups excluding carboxylic acids is 1. The maximum Gasteiger partial charge on any atom is 0.510 e. The van der Waals surface area contributed by atoms with E-state index < -0.39 is 53.5 Å². The van der Waals surface area contributed by atoms with E-state index in [1.165, 1.54) is 12.1 Å². The molecule has 0 saturated heterocycles. The Bertz CT molecular complexity index is 828. The number of benzene rings is 1. The minimum absolute atomic E-state index is 0.0129.